The molecule has 0 saturated heterocycles. The Balaban J connectivity index is 2.16. The Morgan fingerprint density at radius 3 is 2.57 bits per heavy atom. The fraction of sp³-hybridized carbons (Fsp3) is 0. The van der Waals surface area contributed by atoms with Crippen LogP contribution < -0.4 is 0 Å². The van der Waals surface area contributed by atoms with Crippen LogP contribution in [0.2, 0.25) is 0 Å². The number of nitrogens with one attached hydrogen (secondary N) is 1. The SMILES string of the molecule is N=C(C1=C(O)C(=O)c2ncccc2C1=O)c1cccnc1. The molecule has 0 unspecified atom stereocenters. The lowest BCUT2D eigenvalue weighted by atomic mass is 9.87. The molecule has 3 rings (SSSR count). The van der Waals surface area contributed by atoms with Gasteiger partial charge >= 0.3 is 0 Å². The molecule has 6 heteroatoms. The largest absolute Gasteiger partial charge is 0.503 e. The normalized spacial score (nSPS) is 14.1. The van der Waals surface area contributed by atoms with Gasteiger partial charge in [0.2, 0.25) is 11.6 Å². The van der Waals surface area contributed by atoms with E-state index in [1.807, 2.05) is 0 Å². The van der Waals surface area contributed by atoms with Crippen LogP contribution in [-0.4, -0.2) is 32.4 Å². The minimum Gasteiger partial charge on any atom is -0.503 e. The number of aliphatic hydroxyl groups is 1. The van der Waals surface area contributed by atoms with Crippen LogP contribution in [0.5, 0.6) is 0 Å². The van der Waals surface area contributed by atoms with Crippen LogP contribution in [0.3, 0.4) is 0 Å². The first-order chi connectivity index (χ1) is 10.1. The summed E-state index contributed by atoms with van der Waals surface area (Å²) in [5.41, 5.74) is -0.235. The van der Waals surface area contributed by atoms with Gasteiger partial charge in [-0.1, -0.05) is 0 Å². The highest BCUT2D eigenvalue weighted by molar-refractivity contribution is 6.38. The molecule has 1 aliphatic carbocycles. The van der Waals surface area contributed by atoms with Crippen molar-refractivity contribution >= 4 is 17.3 Å². The Bertz CT molecular complexity index is 810. The number of ketones is 2. The second-order valence-corrected chi connectivity index (χ2v) is 4.40. The first kappa shape index (κ1) is 12.9. The van der Waals surface area contributed by atoms with Gasteiger partial charge in [-0.15, -0.1) is 0 Å². The molecule has 0 aliphatic heterocycles. The maximum absolute atomic E-state index is 12.4. The van der Waals surface area contributed by atoms with Crippen LogP contribution in [0.25, 0.3) is 0 Å². The van der Waals surface area contributed by atoms with E-state index in [1.54, 1.807) is 12.1 Å². The molecule has 21 heavy (non-hydrogen) atoms. The summed E-state index contributed by atoms with van der Waals surface area (Å²) < 4.78 is 0. The fourth-order valence-electron chi connectivity index (χ4n) is 2.12. The van der Waals surface area contributed by atoms with Crippen molar-refractivity contribution in [3.63, 3.8) is 0 Å². The molecule has 0 atom stereocenters. The summed E-state index contributed by atoms with van der Waals surface area (Å²) in [7, 11) is 0. The van der Waals surface area contributed by atoms with Crippen molar-refractivity contribution in [2.45, 2.75) is 0 Å². The molecule has 0 aromatic carbocycles. The zero-order valence-electron chi connectivity index (χ0n) is 10.7. The van der Waals surface area contributed by atoms with E-state index in [9.17, 15) is 14.7 Å². The highest BCUT2D eigenvalue weighted by atomic mass is 16.3. The Morgan fingerprint density at radius 1 is 1.10 bits per heavy atom. The predicted molar refractivity (Wildman–Crippen MR) is 73.6 cm³/mol. The Kier molecular flexibility index (Phi) is 2.91. The van der Waals surface area contributed by atoms with Crippen LogP contribution in [-0.2, 0) is 0 Å². The summed E-state index contributed by atoms with van der Waals surface area (Å²) in [6, 6.07) is 6.15. The van der Waals surface area contributed by atoms with Crippen molar-refractivity contribution in [3.8, 4) is 0 Å². The maximum atomic E-state index is 12.4. The molecule has 2 heterocycles. The average Bonchev–Trinajstić information content (AvgIpc) is 2.53. The summed E-state index contributed by atoms with van der Waals surface area (Å²) in [4.78, 5) is 32.2. The minimum absolute atomic E-state index is 0.0870. The Morgan fingerprint density at radius 2 is 1.86 bits per heavy atom. The smallest absolute Gasteiger partial charge is 0.247 e. The van der Waals surface area contributed by atoms with Gasteiger partial charge in [-0.3, -0.25) is 25.0 Å². The predicted octanol–water partition coefficient (Wildman–Crippen LogP) is 1.74. The monoisotopic (exact) mass is 279 g/mol. The summed E-state index contributed by atoms with van der Waals surface area (Å²) >= 11 is 0. The van der Waals surface area contributed by atoms with Gasteiger partial charge in [-0.2, -0.15) is 0 Å². The van der Waals surface area contributed by atoms with Gasteiger partial charge < -0.3 is 5.11 Å². The molecular formula is C15H9N3O3. The van der Waals surface area contributed by atoms with Crippen molar-refractivity contribution < 1.29 is 14.7 Å². The number of nitrogens with zero attached hydrogens (tertiary/aromatic N) is 2. The van der Waals surface area contributed by atoms with Crippen molar-refractivity contribution in [1.82, 2.24) is 9.97 Å². The van der Waals surface area contributed by atoms with Crippen LogP contribution >= 0.6 is 0 Å². The molecule has 2 aromatic heterocycles. The number of aliphatic hydroxyl groups excluding tert-OH is 1. The first-order valence-corrected chi connectivity index (χ1v) is 6.08. The second-order valence-electron chi connectivity index (χ2n) is 4.40. The third-order valence-corrected chi connectivity index (χ3v) is 3.15. The lowest BCUT2D eigenvalue weighted by Crippen LogP contribution is -2.27. The number of aromatic nitrogens is 2. The highest BCUT2D eigenvalue weighted by Gasteiger charge is 2.35. The molecular weight excluding hydrogens is 270 g/mol. The number of pyridine rings is 2. The Hall–Kier alpha value is -3.15. The maximum Gasteiger partial charge on any atom is 0.247 e. The second kappa shape index (κ2) is 4.75. The molecule has 2 aromatic rings. The summed E-state index contributed by atoms with van der Waals surface area (Å²) in [6.45, 7) is 0. The Labute approximate surface area is 119 Å². The number of fused-ring (bicyclic) bond motifs is 1. The van der Waals surface area contributed by atoms with Gasteiger partial charge in [0.05, 0.1) is 16.8 Å². The number of hydrogen-bond acceptors (Lipinski definition) is 6. The van der Waals surface area contributed by atoms with Gasteiger partial charge in [-0.05, 0) is 24.3 Å². The van der Waals surface area contributed by atoms with Gasteiger partial charge in [0.1, 0.15) is 5.69 Å². The highest BCUT2D eigenvalue weighted by Crippen LogP contribution is 2.25. The summed E-state index contributed by atoms with van der Waals surface area (Å²) in [6.07, 6.45) is 4.28. The number of hydrogen-bond donors (Lipinski definition) is 2. The molecule has 0 spiro atoms. The number of allylic oxidation sites excluding steroid dienone is 2. The first-order valence-electron chi connectivity index (χ1n) is 6.08. The van der Waals surface area contributed by atoms with E-state index in [4.69, 9.17) is 5.41 Å². The van der Waals surface area contributed by atoms with Gasteiger partial charge in [0.15, 0.2) is 5.76 Å². The number of Topliss-reactive ketones (excluding diaryl/α,β-unsaturated/α-hetero) is 2. The molecule has 102 valence electrons. The average molecular weight is 279 g/mol. The van der Waals surface area contributed by atoms with E-state index in [0.717, 1.165) is 0 Å². The van der Waals surface area contributed by atoms with E-state index < -0.39 is 17.3 Å². The molecule has 0 amide bonds. The lowest BCUT2D eigenvalue weighted by Gasteiger charge is -2.17. The fourth-order valence-corrected chi connectivity index (χ4v) is 2.12. The quantitative estimate of drug-likeness (QED) is 0.815. The van der Waals surface area contributed by atoms with Gasteiger partial charge in [0.25, 0.3) is 0 Å². The van der Waals surface area contributed by atoms with Gasteiger partial charge in [0, 0.05) is 24.2 Å². The molecule has 2 N–H and O–H groups in total. The molecule has 0 saturated carbocycles. The van der Waals surface area contributed by atoms with Crippen molar-refractivity contribution in [1.29, 1.82) is 5.41 Å². The van der Waals surface area contributed by atoms with E-state index in [2.05, 4.69) is 9.97 Å². The molecule has 1 aliphatic rings. The third kappa shape index (κ3) is 1.93. The summed E-state index contributed by atoms with van der Waals surface area (Å²) in [5, 5.41) is 18.1. The molecule has 0 radical (unpaired) electrons. The van der Waals surface area contributed by atoms with E-state index >= 15 is 0 Å². The van der Waals surface area contributed by atoms with Crippen molar-refractivity contribution in [3.05, 3.63) is 71.0 Å². The summed E-state index contributed by atoms with van der Waals surface area (Å²) in [5.74, 6) is -2.10. The van der Waals surface area contributed by atoms with Gasteiger partial charge in [-0.25, -0.2) is 0 Å². The van der Waals surface area contributed by atoms with Crippen LogP contribution in [0.1, 0.15) is 26.4 Å². The zero-order valence-corrected chi connectivity index (χ0v) is 10.7. The number of carbonyl (C=O) groups excluding carboxylic acids is 2. The lowest BCUT2D eigenvalue weighted by molar-refractivity contribution is 0.0929. The molecule has 6 nitrogen and oxygen atoms in total. The zero-order chi connectivity index (χ0) is 15.0. The van der Waals surface area contributed by atoms with E-state index in [1.165, 1.54) is 30.7 Å². The van der Waals surface area contributed by atoms with E-state index in [0.29, 0.717) is 5.56 Å². The van der Waals surface area contributed by atoms with Crippen LogP contribution in [0, 0.1) is 5.41 Å². The van der Waals surface area contributed by atoms with Crippen LogP contribution in [0.15, 0.2) is 54.2 Å². The van der Waals surface area contributed by atoms with E-state index in [-0.39, 0.29) is 22.5 Å². The van der Waals surface area contributed by atoms with Crippen molar-refractivity contribution in [2.24, 2.45) is 0 Å². The van der Waals surface area contributed by atoms with Crippen LogP contribution in [0.4, 0.5) is 0 Å². The number of rotatable bonds is 2. The minimum atomic E-state index is -0.756. The topological polar surface area (TPSA) is 104 Å². The number of carbonyl (C=O) groups is 2. The standard InChI is InChI=1S/C15H9N3O3/c16-11(8-3-1-5-17-7-8)10-13(19)9-4-2-6-18-12(9)15(21)14(10)20/h1-7,16,20H. The van der Waals surface area contributed by atoms with Crippen molar-refractivity contribution in [2.75, 3.05) is 0 Å². The molecule has 0 fully saturated rings. The molecule has 0 bridgehead atoms. The third-order valence-electron chi connectivity index (χ3n) is 3.15.